The van der Waals surface area contributed by atoms with Crippen molar-refractivity contribution >= 4 is 18.3 Å². The van der Waals surface area contributed by atoms with E-state index in [1.165, 1.54) is 0 Å². The summed E-state index contributed by atoms with van der Waals surface area (Å²) in [5.74, 6) is 2.20. The molecule has 0 aromatic heterocycles. The Hall–Kier alpha value is -2.44. The molecule has 184 valence electrons. The molecule has 0 aliphatic rings. The van der Waals surface area contributed by atoms with Gasteiger partial charge in [-0.15, -0.1) is 12.4 Å². The second-order valence-electron chi connectivity index (χ2n) is 7.62. The van der Waals surface area contributed by atoms with Crippen molar-refractivity contribution in [3.63, 3.8) is 0 Å². The van der Waals surface area contributed by atoms with Gasteiger partial charge < -0.3 is 24.0 Å². The Morgan fingerprint density at radius 1 is 0.879 bits per heavy atom. The van der Waals surface area contributed by atoms with Crippen molar-refractivity contribution in [3.05, 3.63) is 54.1 Å². The van der Waals surface area contributed by atoms with Crippen LogP contribution < -0.4 is 14.2 Å². The number of unbranched alkanes of at least 4 members (excludes halogenated alkanes) is 1. The first-order valence-corrected chi connectivity index (χ1v) is 11.6. The summed E-state index contributed by atoms with van der Waals surface area (Å²) in [4.78, 5) is 17.2. The van der Waals surface area contributed by atoms with Gasteiger partial charge in [-0.3, -0.25) is 4.79 Å². The minimum Gasteiger partial charge on any atom is -0.496 e. The SMILES string of the molecule is CCCCOc1ccc(OCC(=O)N(CCN(CC)CC)Cc2ccccc2OC)cc1.Cl. The Balaban J connectivity index is 0.00000544. The van der Waals surface area contributed by atoms with Gasteiger partial charge >= 0.3 is 0 Å². The fraction of sp³-hybridized carbons (Fsp3) is 0.500. The fourth-order valence-corrected chi connectivity index (χ4v) is 3.34. The molecule has 0 heterocycles. The Morgan fingerprint density at radius 2 is 1.52 bits per heavy atom. The van der Waals surface area contributed by atoms with Crippen LogP contribution in [0.2, 0.25) is 0 Å². The molecule has 0 fully saturated rings. The lowest BCUT2D eigenvalue weighted by Crippen LogP contribution is -2.40. The number of rotatable bonds is 15. The highest BCUT2D eigenvalue weighted by atomic mass is 35.5. The number of likely N-dealkylation sites (N-methyl/N-ethyl adjacent to an activating group) is 1. The van der Waals surface area contributed by atoms with Crippen LogP contribution in [0.15, 0.2) is 48.5 Å². The lowest BCUT2D eigenvalue weighted by Gasteiger charge is -2.27. The number of ether oxygens (including phenoxy) is 3. The maximum atomic E-state index is 13.1. The number of benzene rings is 2. The van der Waals surface area contributed by atoms with E-state index in [1.54, 1.807) is 7.11 Å². The van der Waals surface area contributed by atoms with Gasteiger partial charge in [0.2, 0.25) is 0 Å². The van der Waals surface area contributed by atoms with Gasteiger partial charge in [-0.05, 0) is 49.8 Å². The Kier molecular flexibility index (Phi) is 14.1. The van der Waals surface area contributed by atoms with Crippen LogP contribution in [0.4, 0.5) is 0 Å². The van der Waals surface area contributed by atoms with Gasteiger partial charge in [-0.2, -0.15) is 0 Å². The number of carbonyl (C=O) groups is 1. The van der Waals surface area contributed by atoms with Crippen LogP contribution in [0, 0.1) is 0 Å². The van der Waals surface area contributed by atoms with Crippen LogP contribution >= 0.6 is 12.4 Å². The predicted octanol–water partition coefficient (Wildman–Crippen LogP) is 5.05. The molecule has 33 heavy (non-hydrogen) atoms. The number of amides is 1. The fourth-order valence-electron chi connectivity index (χ4n) is 3.34. The second kappa shape index (κ2) is 16.2. The molecular weight excluding hydrogens is 440 g/mol. The summed E-state index contributed by atoms with van der Waals surface area (Å²) in [6.07, 6.45) is 2.13. The molecule has 0 atom stereocenters. The lowest BCUT2D eigenvalue weighted by atomic mass is 10.2. The van der Waals surface area contributed by atoms with Gasteiger partial charge in [-0.1, -0.05) is 45.4 Å². The van der Waals surface area contributed by atoms with E-state index in [0.29, 0.717) is 25.4 Å². The summed E-state index contributed by atoms with van der Waals surface area (Å²) in [6.45, 7) is 10.9. The molecule has 0 aliphatic heterocycles. The number of methoxy groups -OCH3 is 1. The van der Waals surface area contributed by atoms with Crippen LogP contribution in [0.25, 0.3) is 0 Å². The van der Waals surface area contributed by atoms with Crippen LogP contribution in [-0.4, -0.2) is 62.2 Å². The lowest BCUT2D eigenvalue weighted by molar-refractivity contribution is -0.134. The third-order valence-electron chi connectivity index (χ3n) is 5.44. The third-order valence-corrected chi connectivity index (χ3v) is 5.44. The zero-order valence-corrected chi connectivity index (χ0v) is 21.2. The van der Waals surface area contributed by atoms with Gasteiger partial charge in [0.05, 0.1) is 13.7 Å². The first kappa shape index (κ1) is 28.6. The van der Waals surface area contributed by atoms with Crippen molar-refractivity contribution in [2.75, 3.05) is 46.5 Å². The summed E-state index contributed by atoms with van der Waals surface area (Å²) in [7, 11) is 1.65. The monoisotopic (exact) mass is 478 g/mol. The summed E-state index contributed by atoms with van der Waals surface area (Å²) >= 11 is 0. The molecular formula is C26H39ClN2O4. The number of hydrogen-bond donors (Lipinski definition) is 0. The van der Waals surface area contributed by atoms with Crippen molar-refractivity contribution in [1.82, 2.24) is 9.80 Å². The molecule has 0 spiro atoms. The summed E-state index contributed by atoms with van der Waals surface area (Å²) in [5, 5.41) is 0. The molecule has 2 aromatic carbocycles. The van der Waals surface area contributed by atoms with E-state index in [9.17, 15) is 4.79 Å². The first-order valence-electron chi connectivity index (χ1n) is 11.6. The molecule has 0 radical (unpaired) electrons. The van der Waals surface area contributed by atoms with Crippen molar-refractivity contribution in [2.24, 2.45) is 0 Å². The zero-order chi connectivity index (χ0) is 23.2. The van der Waals surface area contributed by atoms with E-state index in [4.69, 9.17) is 14.2 Å². The molecule has 0 unspecified atom stereocenters. The minimum absolute atomic E-state index is 0. The molecule has 0 N–H and O–H groups in total. The molecule has 2 rings (SSSR count). The van der Waals surface area contributed by atoms with Gasteiger partial charge in [-0.25, -0.2) is 0 Å². The summed E-state index contributed by atoms with van der Waals surface area (Å²) in [6, 6.07) is 15.3. The molecule has 0 aliphatic carbocycles. The summed E-state index contributed by atoms with van der Waals surface area (Å²) < 4.78 is 17.0. The van der Waals surface area contributed by atoms with Crippen LogP contribution in [-0.2, 0) is 11.3 Å². The van der Waals surface area contributed by atoms with Crippen LogP contribution in [0.1, 0.15) is 39.2 Å². The predicted molar refractivity (Wildman–Crippen MR) is 136 cm³/mol. The highest BCUT2D eigenvalue weighted by Gasteiger charge is 2.17. The average molecular weight is 479 g/mol. The largest absolute Gasteiger partial charge is 0.496 e. The highest BCUT2D eigenvalue weighted by Crippen LogP contribution is 2.20. The van der Waals surface area contributed by atoms with Crippen molar-refractivity contribution in [3.8, 4) is 17.2 Å². The quantitative estimate of drug-likeness (QED) is 0.335. The Labute approximate surface area is 205 Å². The van der Waals surface area contributed by atoms with Crippen LogP contribution in [0.3, 0.4) is 0 Å². The Bertz CT molecular complexity index is 797. The maximum absolute atomic E-state index is 13.1. The van der Waals surface area contributed by atoms with Crippen LogP contribution in [0.5, 0.6) is 17.2 Å². The molecule has 6 nitrogen and oxygen atoms in total. The zero-order valence-electron chi connectivity index (χ0n) is 20.4. The maximum Gasteiger partial charge on any atom is 0.260 e. The van der Waals surface area contributed by atoms with E-state index in [2.05, 4.69) is 25.7 Å². The average Bonchev–Trinajstić information content (AvgIpc) is 2.83. The topological polar surface area (TPSA) is 51.2 Å². The van der Waals surface area contributed by atoms with E-state index in [0.717, 1.165) is 49.5 Å². The van der Waals surface area contributed by atoms with E-state index < -0.39 is 0 Å². The first-order chi connectivity index (χ1) is 15.6. The molecule has 0 saturated heterocycles. The van der Waals surface area contributed by atoms with E-state index in [-0.39, 0.29) is 24.9 Å². The standard InChI is InChI=1S/C26H38N2O4.ClH/c1-5-8-19-31-23-13-15-24(16-14-23)32-21-26(29)28(18-17-27(6-2)7-3)20-22-11-9-10-12-25(22)30-4;/h9-16H,5-8,17-21H2,1-4H3;1H. The van der Waals surface area contributed by atoms with Crippen molar-refractivity contribution < 1.29 is 19.0 Å². The smallest absolute Gasteiger partial charge is 0.260 e. The number of para-hydroxylation sites is 1. The molecule has 2 aromatic rings. The third kappa shape index (κ3) is 9.93. The van der Waals surface area contributed by atoms with Crippen molar-refractivity contribution in [2.45, 2.75) is 40.2 Å². The number of carbonyl (C=O) groups excluding carboxylic acids is 1. The number of nitrogens with zero attached hydrogens (tertiary/aromatic N) is 2. The van der Waals surface area contributed by atoms with E-state index >= 15 is 0 Å². The molecule has 0 saturated carbocycles. The van der Waals surface area contributed by atoms with Gasteiger partial charge in [0.1, 0.15) is 17.2 Å². The molecule has 0 bridgehead atoms. The van der Waals surface area contributed by atoms with Gasteiger partial charge in [0.15, 0.2) is 6.61 Å². The minimum atomic E-state index is -0.0497. The van der Waals surface area contributed by atoms with E-state index in [1.807, 2.05) is 53.4 Å². The Morgan fingerprint density at radius 3 is 2.12 bits per heavy atom. The molecule has 1 amide bonds. The highest BCUT2D eigenvalue weighted by molar-refractivity contribution is 5.85. The van der Waals surface area contributed by atoms with Crippen molar-refractivity contribution in [1.29, 1.82) is 0 Å². The second-order valence-corrected chi connectivity index (χ2v) is 7.62. The summed E-state index contributed by atoms with van der Waals surface area (Å²) in [5.41, 5.74) is 0.983. The number of halogens is 1. The normalized spacial score (nSPS) is 10.5. The molecule has 7 heteroatoms. The van der Waals surface area contributed by atoms with Gasteiger partial charge in [0, 0.05) is 25.2 Å². The van der Waals surface area contributed by atoms with Gasteiger partial charge in [0.25, 0.3) is 5.91 Å². The number of hydrogen-bond acceptors (Lipinski definition) is 5.